The van der Waals surface area contributed by atoms with Crippen molar-refractivity contribution in [3.63, 3.8) is 0 Å². The van der Waals surface area contributed by atoms with E-state index in [1.165, 1.54) is 72.4 Å². The number of fused-ring (bicyclic) bond motifs is 4. The molecule has 9 rings (SSSR count). The van der Waals surface area contributed by atoms with Gasteiger partial charge in [0.05, 0.1) is 23.6 Å². The third-order valence-corrected chi connectivity index (χ3v) is 13.9. The molecule has 6 heteroatoms. The van der Waals surface area contributed by atoms with E-state index in [0.717, 1.165) is 114 Å². The second-order valence-electron chi connectivity index (χ2n) is 18.5. The van der Waals surface area contributed by atoms with Crippen LogP contribution in [0, 0.1) is 13.8 Å². The van der Waals surface area contributed by atoms with Gasteiger partial charge in [0.1, 0.15) is 23.0 Å². The van der Waals surface area contributed by atoms with Gasteiger partial charge in [-0.3, -0.25) is 0 Å². The third kappa shape index (κ3) is 7.73. The van der Waals surface area contributed by atoms with Crippen molar-refractivity contribution >= 4 is 0 Å². The molecular formula is C56H66N2O4. The van der Waals surface area contributed by atoms with E-state index in [4.69, 9.17) is 9.47 Å². The summed E-state index contributed by atoms with van der Waals surface area (Å²) in [5.41, 5.74) is 19.0. The van der Waals surface area contributed by atoms with Crippen molar-refractivity contribution < 1.29 is 19.7 Å². The molecule has 0 radical (unpaired) electrons. The van der Waals surface area contributed by atoms with Gasteiger partial charge in [0, 0.05) is 51.5 Å². The molecule has 6 aromatic rings. The van der Waals surface area contributed by atoms with Crippen molar-refractivity contribution in [2.24, 2.45) is 0 Å². The Hall–Kier alpha value is -5.36. The molecule has 2 aromatic heterocycles. The van der Waals surface area contributed by atoms with Gasteiger partial charge in [-0.15, -0.1) is 0 Å². The number of rotatable bonds is 13. The number of phenols is 2. The second kappa shape index (κ2) is 17.8. The van der Waals surface area contributed by atoms with E-state index in [9.17, 15) is 10.2 Å². The first-order valence-corrected chi connectivity index (χ1v) is 23.8. The summed E-state index contributed by atoms with van der Waals surface area (Å²) in [4.78, 5) is 0. The molecule has 0 saturated heterocycles. The number of benzene rings is 4. The Kier molecular flexibility index (Phi) is 12.0. The molecule has 0 spiro atoms. The molecule has 0 aliphatic heterocycles. The standard InChI is InChI=1S/C56H66N2O4/c1-7-19-47-39(8-2)40-20-9-14-25-48(40)57(47)51-32-35(3)30-45(55(51)59)43-23-12-17-28-53(43)61-37(5)34-38(6)62-54-29-18-13-24-44(54)46-31-36(4)33-52(56(46)60)58-49-26-15-10-21-41(49)42-22-11-16-27-50(42)58/h12-13,17-18,23-24,28-33,37-38,59-60H,7-11,14-16,19-22,25-27,34H2,1-6H3/t37-,38?/m1/s1. The third-order valence-electron chi connectivity index (χ3n) is 13.9. The maximum Gasteiger partial charge on any atom is 0.147 e. The van der Waals surface area contributed by atoms with Gasteiger partial charge in [-0.25, -0.2) is 0 Å². The lowest BCUT2D eigenvalue weighted by Gasteiger charge is -2.24. The predicted octanol–water partition coefficient (Wildman–Crippen LogP) is 13.4. The summed E-state index contributed by atoms with van der Waals surface area (Å²) in [5.74, 6) is 2.10. The number of phenolic OH excluding ortho intramolecular Hbond substituents is 2. The number of ether oxygens (including phenoxy) is 2. The zero-order valence-corrected chi connectivity index (χ0v) is 38.0. The molecule has 3 aliphatic carbocycles. The van der Waals surface area contributed by atoms with Crippen LogP contribution >= 0.6 is 0 Å². The molecule has 0 amide bonds. The zero-order valence-electron chi connectivity index (χ0n) is 38.0. The zero-order chi connectivity index (χ0) is 43.1. The van der Waals surface area contributed by atoms with Gasteiger partial charge >= 0.3 is 0 Å². The van der Waals surface area contributed by atoms with E-state index in [0.29, 0.717) is 17.9 Å². The van der Waals surface area contributed by atoms with E-state index in [2.05, 4.69) is 87.1 Å². The highest BCUT2D eigenvalue weighted by Gasteiger charge is 2.30. The first-order chi connectivity index (χ1) is 30.2. The minimum Gasteiger partial charge on any atom is -0.505 e. The van der Waals surface area contributed by atoms with Gasteiger partial charge < -0.3 is 28.8 Å². The lowest BCUT2D eigenvalue weighted by molar-refractivity contribution is 0.131. The molecule has 2 heterocycles. The highest BCUT2D eigenvalue weighted by Crippen LogP contribution is 2.46. The van der Waals surface area contributed by atoms with E-state index in [1.54, 1.807) is 11.1 Å². The molecule has 3 aliphatic rings. The van der Waals surface area contributed by atoms with E-state index < -0.39 is 0 Å². The van der Waals surface area contributed by atoms with Crippen LogP contribution in [0.4, 0.5) is 0 Å². The van der Waals surface area contributed by atoms with Crippen LogP contribution in [-0.4, -0.2) is 31.6 Å². The number of aryl methyl sites for hydroxylation is 2. The molecule has 6 nitrogen and oxygen atoms in total. The molecule has 0 saturated carbocycles. The predicted molar refractivity (Wildman–Crippen MR) is 253 cm³/mol. The van der Waals surface area contributed by atoms with Crippen molar-refractivity contribution in [1.82, 2.24) is 9.13 Å². The van der Waals surface area contributed by atoms with Gasteiger partial charge in [-0.1, -0.05) is 56.7 Å². The molecule has 2 N–H and O–H groups in total. The summed E-state index contributed by atoms with van der Waals surface area (Å²) >= 11 is 0. The Morgan fingerprint density at radius 3 is 1.47 bits per heavy atom. The molecule has 62 heavy (non-hydrogen) atoms. The molecule has 0 fully saturated rings. The fourth-order valence-electron chi connectivity index (χ4n) is 11.4. The lowest BCUT2D eigenvalue weighted by atomic mass is 9.89. The highest BCUT2D eigenvalue weighted by atomic mass is 16.5. The summed E-state index contributed by atoms with van der Waals surface area (Å²) in [6, 6.07) is 24.8. The molecule has 2 atom stereocenters. The Morgan fingerprint density at radius 2 is 0.984 bits per heavy atom. The van der Waals surface area contributed by atoms with Crippen LogP contribution in [-0.2, 0) is 51.4 Å². The summed E-state index contributed by atoms with van der Waals surface area (Å²) in [7, 11) is 0. The minimum absolute atomic E-state index is 0.183. The quantitative estimate of drug-likeness (QED) is 0.122. The van der Waals surface area contributed by atoms with Crippen LogP contribution in [0.1, 0.15) is 135 Å². The number of nitrogens with zero attached hydrogens (tertiary/aromatic N) is 2. The van der Waals surface area contributed by atoms with Gasteiger partial charge in [0.2, 0.25) is 0 Å². The molecule has 4 aromatic carbocycles. The average molecular weight is 831 g/mol. The highest BCUT2D eigenvalue weighted by molar-refractivity contribution is 5.81. The second-order valence-corrected chi connectivity index (χ2v) is 18.5. The smallest absolute Gasteiger partial charge is 0.147 e. The number of hydrogen-bond donors (Lipinski definition) is 2. The molecule has 324 valence electrons. The van der Waals surface area contributed by atoms with Gasteiger partial charge in [0.25, 0.3) is 0 Å². The van der Waals surface area contributed by atoms with Gasteiger partial charge in [-0.2, -0.15) is 0 Å². The summed E-state index contributed by atoms with van der Waals surface area (Å²) < 4.78 is 18.4. The summed E-state index contributed by atoms with van der Waals surface area (Å²) in [5, 5.41) is 24.5. The van der Waals surface area contributed by atoms with Crippen LogP contribution in [0.15, 0.2) is 72.8 Å². The number of aromatic hydroxyl groups is 2. The first-order valence-electron chi connectivity index (χ1n) is 23.8. The van der Waals surface area contributed by atoms with E-state index in [1.807, 2.05) is 36.4 Å². The normalized spacial score (nSPS) is 15.7. The minimum atomic E-state index is -0.186. The molecular weight excluding hydrogens is 765 g/mol. The van der Waals surface area contributed by atoms with Crippen LogP contribution in [0.2, 0.25) is 0 Å². The molecule has 0 bridgehead atoms. The Balaban J connectivity index is 0.980. The lowest BCUT2D eigenvalue weighted by Crippen LogP contribution is -2.23. The topological polar surface area (TPSA) is 68.8 Å². The maximum absolute atomic E-state index is 12.3. The fourth-order valence-corrected chi connectivity index (χ4v) is 11.4. The monoisotopic (exact) mass is 831 g/mol. The Bertz CT molecular complexity index is 2570. The summed E-state index contributed by atoms with van der Waals surface area (Å²) in [6.07, 6.45) is 17.2. The Morgan fingerprint density at radius 1 is 0.548 bits per heavy atom. The SMILES string of the molecule is CCCc1c(CC)c2c(n1-c1cc(C)cc(-c3ccccc3O[C@H](C)CC(C)Oc3ccccc3-c3cc(C)cc(-n4c5c(c6c4CCCC6)CCCC5)c3O)c1O)CCCC2. The van der Waals surface area contributed by atoms with Crippen molar-refractivity contribution in [1.29, 1.82) is 0 Å². The van der Waals surface area contributed by atoms with Crippen LogP contribution in [0.5, 0.6) is 23.0 Å². The number of aromatic nitrogens is 2. The number of para-hydroxylation sites is 2. The van der Waals surface area contributed by atoms with Crippen molar-refractivity contribution in [2.75, 3.05) is 0 Å². The maximum atomic E-state index is 12.3. The van der Waals surface area contributed by atoms with Gasteiger partial charge in [-0.05, 0) is 187 Å². The van der Waals surface area contributed by atoms with Gasteiger partial charge in [0.15, 0.2) is 0 Å². The van der Waals surface area contributed by atoms with E-state index >= 15 is 0 Å². The average Bonchev–Trinajstić information content (AvgIpc) is 3.77. The van der Waals surface area contributed by atoms with Crippen LogP contribution in [0.25, 0.3) is 33.6 Å². The molecule has 1 unspecified atom stereocenters. The van der Waals surface area contributed by atoms with E-state index in [-0.39, 0.29) is 12.2 Å². The summed E-state index contributed by atoms with van der Waals surface area (Å²) in [6.45, 7) is 13.0. The fraction of sp³-hybridized carbons (Fsp3) is 0.429. The largest absolute Gasteiger partial charge is 0.505 e. The first kappa shape index (κ1) is 42.0. The number of hydrogen-bond acceptors (Lipinski definition) is 4. The van der Waals surface area contributed by atoms with Crippen LogP contribution in [0.3, 0.4) is 0 Å². The van der Waals surface area contributed by atoms with Crippen molar-refractivity contribution in [3.8, 4) is 56.6 Å². The van der Waals surface area contributed by atoms with Crippen LogP contribution < -0.4 is 9.47 Å². The van der Waals surface area contributed by atoms with Crippen molar-refractivity contribution in [3.05, 3.63) is 129 Å². The Labute approximate surface area is 369 Å². The van der Waals surface area contributed by atoms with Crippen molar-refractivity contribution in [2.45, 2.75) is 156 Å².